The number of hydrogen-bond donors (Lipinski definition) is 2. The van der Waals surface area contributed by atoms with Crippen molar-refractivity contribution in [3.05, 3.63) is 82.0 Å². The van der Waals surface area contributed by atoms with Crippen molar-refractivity contribution in [1.82, 2.24) is 20.4 Å². The Hall–Kier alpha value is -3.36. The zero-order valence-corrected chi connectivity index (χ0v) is 19.7. The summed E-state index contributed by atoms with van der Waals surface area (Å²) in [6.45, 7) is 4.61. The molecule has 2 aliphatic heterocycles. The zero-order chi connectivity index (χ0) is 24.1. The monoisotopic (exact) mass is 482 g/mol. The molecule has 2 aromatic rings. The van der Waals surface area contributed by atoms with Crippen molar-refractivity contribution in [3.63, 3.8) is 0 Å². The molecule has 1 saturated heterocycles. The Bertz CT molecular complexity index is 1100. The Morgan fingerprint density at radius 2 is 1.79 bits per heavy atom. The highest BCUT2D eigenvalue weighted by Crippen LogP contribution is 2.28. The standard InChI is InChI=1S/C25H27ClN4O4/c1-2-34-24(32)21-20(27-25(33)28-22(21)17-7-4-3-5-8-17)16-29-11-13-30(14-12-29)23(31)18-9-6-10-19(26)15-18/h3-10,15,22H,2,11-14,16H2,1H3,(H2,27,28,33). The van der Waals surface area contributed by atoms with Crippen LogP contribution in [0, 0.1) is 0 Å². The van der Waals surface area contributed by atoms with Gasteiger partial charge in [-0.05, 0) is 30.7 Å². The molecule has 1 unspecified atom stereocenters. The van der Waals surface area contributed by atoms with E-state index < -0.39 is 12.0 Å². The predicted octanol–water partition coefficient (Wildman–Crippen LogP) is 2.97. The van der Waals surface area contributed by atoms with E-state index in [1.54, 1.807) is 36.1 Å². The highest BCUT2D eigenvalue weighted by atomic mass is 35.5. The topological polar surface area (TPSA) is 91.0 Å². The molecule has 0 spiro atoms. The number of ether oxygens (including phenoxy) is 1. The van der Waals surface area contributed by atoms with Crippen LogP contribution in [-0.4, -0.2) is 67.0 Å². The molecular weight excluding hydrogens is 456 g/mol. The molecule has 4 rings (SSSR count). The van der Waals surface area contributed by atoms with Gasteiger partial charge in [0.1, 0.15) is 0 Å². The maximum absolute atomic E-state index is 12.9. The maximum atomic E-state index is 12.9. The van der Waals surface area contributed by atoms with Gasteiger partial charge in [0.15, 0.2) is 0 Å². The second kappa shape index (κ2) is 10.7. The number of piperazine rings is 1. The van der Waals surface area contributed by atoms with Gasteiger partial charge in [0.2, 0.25) is 0 Å². The Morgan fingerprint density at radius 3 is 2.47 bits per heavy atom. The van der Waals surface area contributed by atoms with Crippen molar-refractivity contribution in [2.75, 3.05) is 39.3 Å². The van der Waals surface area contributed by atoms with Crippen LogP contribution in [0.3, 0.4) is 0 Å². The SMILES string of the molecule is CCOC(=O)C1=C(CN2CCN(C(=O)c3cccc(Cl)c3)CC2)NC(=O)NC1c1ccccc1. The summed E-state index contributed by atoms with van der Waals surface area (Å²) in [6.07, 6.45) is 0. The molecule has 34 heavy (non-hydrogen) atoms. The van der Waals surface area contributed by atoms with Crippen molar-refractivity contribution < 1.29 is 19.1 Å². The first-order valence-electron chi connectivity index (χ1n) is 11.3. The number of carbonyl (C=O) groups is 3. The number of hydrogen-bond acceptors (Lipinski definition) is 5. The van der Waals surface area contributed by atoms with E-state index in [-0.39, 0.29) is 18.5 Å². The third-order valence-electron chi connectivity index (χ3n) is 5.89. The van der Waals surface area contributed by atoms with E-state index in [0.29, 0.717) is 54.6 Å². The minimum absolute atomic E-state index is 0.0621. The molecule has 1 atom stereocenters. The molecule has 0 saturated carbocycles. The van der Waals surface area contributed by atoms with Crippen LogP contribution in [0.15, 0.2) is 65.9 Å². The number of amides is 3. The molecule has 9 heteroatoms. The highest BCUT2D eigenvalue weighted by molar-refractivity contribution is 6.30. The second-order valence-corrected chi connectivity index (χ2v) is 8.57. The fraction of sp³-hybridized carbons (Fsp3) is 0.320. The Kier molecular flexibility index (Phi) is 7.49. The number of halogens is 1. The molecule has 1 fully saturated rings. The molecule has 2 aliphatic rings. The van der Waals surface area contributed by atoms with Crippen LogP contribution in [0.5, 0.6) is 0 Å². The van der Waals surface area contributed by atoms with Crippen LogP contribution in [0.25, 0.3) is 0 Å². The lowest BCUT2D eigenvalue weighted by Gasteiger charge is -2.37. The Morgan fingerprint density at radius 1 is 1.06 bits per heavy atom. The molecule has 178 valence electrons. The average Bonchev–Trinajstić information content (AvgIpc) is 2.84. The quantitative estimate of drug-likeness (QED) is 0.618. The number of nitrogens with zero attached hydrogens (tertiary/aromatic N) is 2. The Balaban J connectivity index is 1.51. The second-order valence-electron chi connectivity index (χ2n) is 8.13. The number of benzene rings is 2. The summed E-state index contributed by atoms with van der Waals surface area (Å²) in [4.78, 5) is 42.1. The van der Waals surface area contributed by atoms with Crippen molar-refractivity contribution in [1.29, 1.82) is 0 Å². The van der Waals surface area contributed by atoms with E-state index in [2.05, 4.69) is 15.5 Å². The third-order valence-corrected chi connectivity index (χ3v) is 6.13. The molecule has 2 heterocycles. The molecule has 3 amide bonds. The normalized spacial score (nSPS) is 18.8. The number of nitrogens with one attached hydrogen (secondary N) is 2. The molecular formula is C25H27ClN4O4. The average molecular weight is 483 g/mol. The predicted molar refractivity (Wildman–Crippen MR) is 128 cm³/mol. The van der Waals surface area contributed by atoms with Crippen LogP contribution < -0.4 is 10.6 Å². The van der Waals surface area contributed by atoms with E-state index >= 15 is 0 Å². The number of esters is 1. The van der Waals surface area contributed by atoms with E-state index in [0.717, 1.165) is 5.56 Å². The summed E-state index contributed by atoms with van der Waals surface area (Å²) in [5.74, 6) is -0.526. The summed E-state index contributed by atoms with van der Waals surface area (Å²) in [7, 11) is 0. The van der Waals surface area contributed by atoms with Crippen LogP contribution in [0.4, 0.5) is 4.79 Å². The van der Waals surface area contributed by atoms with Gasteiger partial charge in [0, 0.05) is 49.0 Å². The number of carbonyl (C=O) groups excluding carboxylic acids is 3. The van der Waals surface area contributed by atoms with E-state index in [1.165, 1.54) is 0 Å². The van der Waals surface area contributed by atoms with E-state index in [9.17, 15) is 14.4 Å². The summed E-state index contributed by atoms with van der Waals surface area (Å²) >= 11 is 6.03. The minimum Gasteiger partial charge on any atom is -0.463 e. The van der Waals surface area contributed by atoms with Gasteiger partial charge in [-0.15, -0.1) is 0 Å². The van der Waals surface area contributed by atoms with Crippen LogP contribution in [0.1, 0.15) is 28.9 Å². The third kappa shape index (κ3) is 5.40. The van der Waals surface area contributed by atoms with Crippen LogP contribution in [0.2, 0.25) is 5.02 Å². The van der Waals surface area contributed by atoms with Crippen LogP contribution >= 0.6 is 11.6 Å². The summed E-state index contributed by atoms with van der Waals surface area (Å²) < 4.78 is 5.32. The van der Waals surface area contributed by atoms with Gasteiger partial charge in [-0.2, -0.15) is 0 Å². The molecule has 8 nitrogen and oxygen atoms in total. The van der Waals surface area contributed by atoms with Gasteiger partial charge in [-0.3, -0.25) is 9.69 Å². The van der Waals surface area contributed by atoms with Crippen LogP contribution in [-0.2, 0) is 9.53 Å². The van der Waals surface area contributed by atoms with Gasteiger partial charge >= 0.3 is 12.0 Å². The van der Waals surface area contributed by atoms with Crippen molar-refractivity contribution in [2.45, 2.75) is 13.0 Å². The molecule has 2 aromatic carbocycles. The van der Waals surface area contributed by atoms with Gasteiger partial charge in [0.05, 0.1) is 18.2 Å². The summed E-state index contributed by atoms with van der Waals surface area (Å²) in [5, 5.41) is 6.18. The summed E-state index contributed by atoms with van der Waals surface area (Å²) in [6, 6.07) is 15.3. The van der Waals surface area contributed by atoms with E-state index in [4.69, 9.17) is 16.3 Å². The molecule has 0 radical (unpaired) electrons. The molecule has 2 N–H and O–H groups in total. The lowest BCUT2D eigenvalue weighted by Crippen LogP contribution is -2.52. The lowest BCUT2D eigenvalue weighted by molar-refractivity contribution is -0.139. The Labute approximate surface area is 203 Å². The first-order valence-corrected chi connectivity index (χ1v) is 11.6. The fourth-order valence-electron chi connectivity index (χ4n) is 4.22. The van der Waals surface area contributed by atoms with Gasteiger partial charge in [-0.25, -0.2) is 9.59 Å². The lowest BCUT2D eigenvalue weighted by atomic mass is 9.95. The highest BCUT2D eigenvalue weighted by Gasteiger charge is 2.34. The zero-order valence-electron chi connectivity index (χ0n) is 18.9. The smallest absolute Gasteiger partial charge is 0.338 e. The minimum atomic E-state index is -0.602. The van der Waals surface area contributed by atoms with Crippen molar-refractivity contribution in [3.8, 4) is 0 Å². The maximum Gasteiger partial charge on any atom is 0.338 e. The first kappa shape index (κ1) is 23.8. The van der Waals surface area contributed by atoms with Crippen molar-refractivity contribution >= 4 is 29.5 Å². The van der Waals surface area contributed by atoms with Gasteiger partial charge in [0.25, 0.3) is 5.91 Å². The van der Waals surface area contributed by atoms with Crippen molar-refractivity contribution in [2.24, 2.45) is 0 Å². The van der Waals surface area contributed by atoms with E-state index in [1.807, 2.05) is 30.3 Å². The summed E-state index contributed by atoms with van der Waals surface area (Å²) in [5.41, 5.74) is 2.27. The first-order chi connectivity index (χ1) is 16.5. The number of rotatable bonds is 6. The van der Waals surface area contributed by atoms with Gasteiger partial charge < -0.3 is 20.3 Å². The molecule has 0 aliphatic carbocycles. The molecule has 0 aromatic heterocycles. The fourth-order valence-corrected chi connectivity index (χ4v) is 4.42. The van der Waals surface area contributed by atoms with Gasteiger partial charge in [-0.1, -0.05) is 48.0 Å². The molecule has 0 bridgehead atoms. The number of urea groups is 1. The largest absolute Gasteiger partial charge is 0.463 e.